The first-order valence-corrected chi connectivity index (χ1v) is 8.78. The molecule has 0 unspecified atom stereocenters. The molecular formula is C17H29N3O. The normalized spacial score (nSPS) is 29.4. The number of piperidine rings is 1. The van der Waals surface area contributed by atoms with E-state index in [9.17, 15) is 0 Å². The van der Waals surface area contributed by atoms with E-state index in [2.05, 4.69) is 24.3 Å². The second-order valence-electron chi connectivity index (χ2n) is 7.19. The third-order valence-electron chi connectivity index (χ3n) is 5.57. The smallest absolute Gasteiger partial charge is 0.232 e. The summed E-state index contributed by atoms with van der Waals surface area (Å²) in [6.07, 6.45) is 9.66. The fourth-order valence-corrected chi connectivity index (χ4v) is 4.09. The number of rotatable bonds is 4. The van der Waals surface area contributed by atoms with Gasteiger partial charge >= 0.3 is 0 Å². The molecule has 1 aliphatic heterocycles. The van der Waals surface area contributed by atoms with Gasteiger partial charge in [-0.1, -0.05) is 38.3 Å². The van der Waals surface area contributed by atoms with Crippen molar-refractivity contribution in [1.29, 1.82) is 0 Å². The van der Waals surface area contributed by atoms with Crippen LogP contribution in [0.15, 0.2) is 4.52 Å². The topological polar surface area (TPSA) is 51.0 Å². The molecule has 1 aliphatic carbocycles. The summed E-state index contributed by atoms with van der Waals surface area (Å²) >= 11 is 0. The van der Waals surface area contributed by atoms with E-state index in [1.165, 1.54) is 32.1 Å². The molecule has 4 heteroatoms. The monoisotopic (exact) mass is 291 g/mol. The maximum Gasteiger partial charge on any atom is 0.232 e. The van der Waals surface area contributed by atoms with Crippen LogP contribution in [0.3, 0.4) is 0 Å². The van der Waals surface area contributed by atoms with Crippen molar-refractivity contribution in [3.8, 4) is 0 Å². The molecule has 0 spiro atoms. The summed E-state index contributed by atoms with van der Waals surface area (Å²) in [7, 11) is 0. The van der Waals surface area contributed by atoms with Crippen LogP contribution in [0, 0.1) is 5.92 Å². The lowest BCUT2D eigenvalue weighted by molar-refractivity contribution is 0.208. The van der Waals surface area contributed by atoms with Crippen LogP contribution in [-0.4, -0.2) is 23.2 Å². The third kappa shape index (κ3) is 3.15. The molecule has 1 N–H and O–H groups in total. The molecule has 21 heavy (non-hydrogen) atoms. The SMILES string of the molecule is CCCC1(c2nc(C3CCC(C)CC3)no2)CCNCC1. The van der Waals surface area contributed by atoms with Gasteiger partial charge in [0.1, 0.15) is 0 Å². The molecular weight excluding hydrogens is 262 g/mol. The highest BCUT2D eigenvalue weighted by molar-refractivity contribution is 5.09. The zero-order valence-electron chi connectivity index (χ0n) is 13.5. The zero-order valence-corrected chi connectivity index (χ0v) is 13.5. The molecule has 0 amide bonds. The van der Waals surface area contributed by atoms with Gasteiger partial charge < -0.3 is 9.84 Å². The lowest BCUT2D eigenvalue weighted by Gasteiger charge is -2.34. The first-order chi connectivity index (χ1) is 10.2. The summed E-state index contributed by atoms with van der Waals surface area (Å²) in [4.78, 5) is 4.87. The molecule has 0 aromatic carbocycles. The molecule has 2 fully saturated rings. The maximum absolute atomic E-state index is 5.75. The highest BCUT2D eigenvalue weighted by atomic mass is 16.5. The number of aromatic nitrogens is 2. The van der Waals surface area contributed by atoms with Crippen LogP contribution in [0.2, 0.25) is 0 Å². The van der Waals surface area contributed by atoms with Gasteiger partial charge in [0.2, 0.25) is 5.89 Å². The van der Waals surface area contributed by atoms with Crippen molar-refractivity contribution in [2.45, 2.75) is 76.5 Å². The molecule has 2 aliphatic rings. The lowest BCUT2D eigenvalue weighted by atomic mass is 9.75. The Morgan fingerprint density at radius 3 is 2.57 bits per heavy atom. The first-order valence-electron chi connectivity index (χ1n) is 8.78. The summed E-state index contributed by atoms with van der Waals surface area (Å²) < 4.78 is 5.75. The van der Waals surface area contributed by atoms with Crippen LogP contribution in [0.1, 0.15) is 82.8 Å². The molecule has 0 bridgehead atoms. The first kappa shape index (κ1) is 15.0. The molecule has 1 aromatic heterocycles. The Hall–Kier alpha value is -0.900. The summed E-state index contributed by atoms with van der Waals surface area (Å²) in [6.45, 7) is 6.74. The predicted molar refractivity (Wildman–Crippen MR) is 83.4 cm³/mol. The molecule has 0 atom stereocenters. The van der Waals surface area contributed by atoms with E-state index >= 15 is 0 Å². The number of hydrogen-bond donors (Lipinski definition) is 1. The standard InChI is InChI=1S/C17H29N3O/c1-3-8-17(9-11-18-12-10-17)16-19-15(20-21-16)14-6-4-13(2)5-7-14/h13-14,18H,3-12H2,1-2H3. The van der Waals surface area contributed by atoms with Gasteiger partial charge in [0, 0.05) is 5.92 Å². The Morgan fingerprint density at radius 1 is 1.19 bits per heavy atom. The van der Waals surface area contributed by atoms with Crippen molar-refractivity contribution in [1.82, 2.24) is 15.5 Å². The molecule has 0 radical (unpaired) electrons. The van der Waals surface area contributed by atoms with Crippen molar-refractivity contribution in [3.05, 3.63) is 11.7 Å². The third-order valence-corrected chi connectivity index (χ3v) is 5.57. The van der Waals surface area contributed by atoms with E-state index in [0.29, 0.717) is 5.92 Å². The van der Waals surface area contributed by atoms with E-state index in [4.69, 9.17) is 9.51 Å². The molecule has 118 valence electrons. The Bertz CT molecular complexity index is 437. The maximum atomic E-state index is 5.75. The van der Waals surface area contributed by atoms with E-state index in [0.717, 1.165) is 50.0 Å². The Balaban J connectivity index is 1.76. The largest absolute Gasteiger partial charge is 0.339 e. The molecule has 1 saturated heterocycles. The van der Waals surface area contributed by atoms with Gasteiger partial charge in [-0.25, -0.2) is 0 Å². The van der Waals surface area contributed by atoms with Gasteiger partial charge in [-0.3, -0.25) is 0 Å². The number of nitrogens with zero attached hydrogens (tertiary/aromatic N) is 2. The van der Waals surface area contributed by atoms with Gasteiger partial charge in [0.15, 0.2) is 5.82 Å². The quantitative estimate of drug-likeness (QED) is 0.917. The van der Waals surface area contributed by atoms with E-state index in [-0.39, 0.29) is 5.41 Å². The van der Waals surface area contributed by atoms with Gasteiger partial charge in [-0.15, -0.1) is 0 Å². The number of nitrogens with one attached hydrogen (secondary N) is 1. The predicted octanol–water partition coefficient (Wildman–Crippen LogP) is 3.78. The number of hydrogen-bond acceptors (Lipinski definition) is 4. The van der Waals surface area contributed by atoms with Crippen LogP contribution in [-0.2, 0) is 5.41 Å². The Morgan fingerprint density at radius 2 is 1.90 bits per heavy atom. The van der Waals surface area contributed by atoms with E-state index in [1.54, 1.807) is 0 Å². The minimum atomic E-state index is 0.132. The minimum absolute atomic E-state index is 0.132. The van der Waals surface area contributed by atoms with Crippen LogP contribution in [0.4, 0.5) is 0 Å². The second kappa shape index (κ2) is 6.47. The second-order valence-corrected chi connectivity index (χ2v) is 7.19. The van der Waals surface area contributed by atoms with Gasteiger partial charge in [0.05, 0.1) is 5.41 Å². The van der Waals surface area contributed by atoms with Crippen LogP contribution in [0.25, 0.3) is 0 Å². The summed E-state index contributed by atoms with van der Waals surface area (Å²) in [5.74, 6) is 3.29. The van der Waals surface area contributed by atoms with Crippen LogP contribution in [0.5, 0.6) is 0 Å². The molecule has 3 rings (SSSR count). The lowest BCUT2D eigenvalue weighted by Crippen LogP contribution is -2.40. The summed E-state index contributed by atoms with van der Waals surface area (Å²) in [5, 5.41) is 7.81. The average Bonchev–Trinajstić information content (AvgIpc) is 3.00. The highest BCUT2D eigenvalue weighted by Gasteiger charge is 2.39. The van der Waals surface area contributed by atoms with E-state index in [1.807, 2.05) is 0 Å². The van der Waals surface area contributed by atoms with Crippen molar-refractivity contribution in [2.75, 3.05) is 13.1 Å². The minimum Gasteiger partial charge on any atom is -0.339 e. The average molecular weight is 291 g/mol. The fourth-order valence-electron chi connectivity index (χ4n) is 4.09. The van der Waals surface area contributed by atoms with Crippen LogP contribution >= 0.6 is 0 Å². The van der Waals surface area contributed by atoms with Gasteiger partial charge in [0.25, 0.3) is 0 Å². The van der Waals surface area contributed by atoms with Crippen LogP contribution < -0.4 is 5.32 Å². The van der Waals surface area contributed by atoms with Gasteiger partial charge in [-0.05, 0) is 51.1 Å². The Kier molecular flexibility index (Phi) is 4.63. The van der Waals surface area contributed by atoms with Gasteiger partial charge in [-0.2, -0.15) is 4.98 Å². The summed E-state index contributed by atoms with van der Waals surface area (Å²) in [5.41, 5.74) is 0.132. The summed E-state index contributed by atoms with van der Waals surface area (Å²) in [6, 6.07) is 0. The molecule has 4 nitrogen and oxygen atoms in total. The van der Waals surface area contributed by atoms with Crippen molar-refractivity contribution < 1.29 is 4.52 Å². The molecule has 2 heterocycles. The zero-order chi connectivity index (χ0) is 14.7. The van der Waals surface area contributed by atoms with Crippen molar-refractivity contribution in [3.63, 3.8) is 0 Å². The fraction of sp³-hybridized carbons (Fsp3) is 0.882. The highest BCUT2D eigenvalue weighted by Crippen LogP contribution is 2.39. The molecule has 1 saturated carbocycles. The van der Waals surface area contributed by atoms with E-state index < -0.39 is 0 Å². The van der Waals surface area contributed by atoms with Crippen molar-refractivity contribution >= 4 is 0 Å². The Labute approximate surface area is 128 Å². The molecule has 1 aromatic rings. The van der Waals surface area contributed by atoms with Crippen molar-refractivity contribution in [2.24, 2.45) is 5.92 Å².